The van der Waals surface area contributed by atoms with Crippen LogP contribution >= 0.6 is 0 Å². The third kappa shape index (κ3) is 1.55. The molecular weight excluding hydrogens is 140 g/mol. The maximum Gasteiger partial charge on any atom is 0.151 e. The molecule has 0 saturated heterocycles. The highest BCUT2D eigenvalue weighted by Gasteiger charge is 2.24. The van der Waals surface area contributed by atoms with Crippen LogP contribution in [0, 0.1) is 0 Å². The minimum Gasteiger partial charge on any atom is -0.405 e. The summed E-state index contributed by atoms with van der Waals surface area (Å²) >= 11 is 0. The maximum atomic E-state index is 10.6. The Kier molecular flexibility index (Phi) is 2.21. The topological polar surface area (TPSA) is 55.5 Å². The highest BCUT2D eigenvalue weighted by molar-refractivity contribution is 5.83. The molecule has 3 heteroatoms. The first-order valence-corrected chi connectivity index (χ1v) is 3.39. The number of nitrogens with zero attached hydrogens (tertiary/aromatic N) is 1. The van der Waals surface area contributed by atoms with E-state index in [0.29, 0.717) is 6.42 Å². The summed E-state index contributed by atoms with van der Waals surface area (Å²) in [7, 11) is 0. The number of allylic oxidation sites excluding steroid dienone is 1. The van der Waals surface area contributed by atoms with E-state index in [1.807, 2.05) is 0 Å². The van der Waals surface area contributed by atoms with Gasteiger partial charge in [-0.15, -0.1) is 0 Å². The van der Waals surface area contributed by atoms with E-state index in [2.05, 4.69) is 4.99 Å². The summed E-state index contributed by atoms with van der Waals surface area (Å²) < 4.78 is 0. The molecule has 0 amide bonds. The van der Waals surface area contributed by atoms with Crippen molar-refractivity contribution in [2.75, 3.05) is 0 Å². The molecule has 1 aliphatic rings. The number of aliphatic imine (C=N–C) groups is 1. The van der Waals surface area contributed by atoms with E-state index in [9.17, 15) is 4.79 Å². The van der Waals surface area contributed by atoms with Crippen molar-refractivity contribution >= 4 is 12.5 Å². The molecule has 58 valence electrons. The van der Waals surface area contributed by atoms with Crippen LogP contribution in [-0.2, 0) is 4.79 Å². The van der Waals surface area contributed by atoms with Crippen molar-refractivity contribution in [3.63, 3.8) is 0 Å². The maximum absolute atomic E-state index is 10.6. The van der Waals surface area contributed by atoms with Crippen molar-refractivity contribution in [3.05, 3.63) is 24.4 Å². The summed E-state index contributed by atoms with van der Waals surface area (Å²) in [6.07, 6.45) is 9.67. The molecule has 0 aromatic carbocycles. The molecule has 0 aliphatic carbocycles. The molecule has 1 atom stereocenters. The predicted molar refractivity (Wildman–Crippen MR) is 44.4 cm³/mol. The summed E-state index contributed by atoms with van der Waals surface area (Å²) in [5, 5.41) is 0. The fourth-order valence-corrected chi connectivity index (χ4v) is 0.930. The number of rotatable bonds is 3. The van der Waals surface area contributed by atoms with Gasteiger partial charge in [-0.25, -0.2) is 0 Å². The zero-order chi connectivity index (χ0) is 8.16. The van der Waals surface area contributed by atoms with Crippen molar-refractivity contribution in [1.82, 2.24) is 0 Å². The van der Waals surface area contributed by atoms with E-state index in [4.69, 9.17) is 5.73 Å². The van der Waals surface area contributed by atoms with Crippen LogP contribution in [0.4, 0.5) is 0 Å². The highest BCUT2D eigenvalue weighted by atomic mass is 16.1. The first-order valence-electron chi connectivity index (χ1n) is 3.39. The highest BCUT2D eigenvalue weighted by Crippen LogP contribution is 2.18. The van der Waals surface area contributed by atoms with Gasteiger partial charge in [-0.2, -0.15) is 0 Å². The Balaban J connectivity index is 2.69. The largest absolute Gasteiger partial charge is 0.405 e. The van der Waals surface area contributed by atoms with Crippen LogP contribution in [0.2, 0.25) is 0 Å². The quantitative estimate of drug-likeness (QED) is 0.593. The van der Waals surface area contributed by atoms with Crippen molar-refractivity contribution in [1.29, 1.82) is 0 Å². The second-order valence-electron chi connectivity index (χ2n) is 2.38. The van der Waals surface area contributed by atoms with Gasteiger partial charge in [0, 0.05) is 12.6 Å². The molecule has 0 bridgehead atoms. The Bertz CT molecular complexity index is 216. The van der Waals surface area contributed by atoms with Crippen LogP contribution < -0.4 is 5.73 Å². The number of carbonyl (C=O) groups is 1. The normalized spacial score (nSPS) is 28.4. The molecule has 1 heterocycles. The molecular formula is C8H10N2O. The lowest BCUT2D eigenvalue weighted by Crippen LogP contribution is -2.22. The van der Waals surface area contributed by atoms with Crippen LogP contribution in [0.15, 0.2) is 29.4 Å². The summed E-state index contributed by atoms with van der Waals surface area (Å²) in [4.78, 5) is 14.6. The van der Waals surface area contributed by atoms with Gasteiger partial charge in [0.2, 0.25) is 0 Å². The average Bonchev–Trinajstić information content (AvgIpc) is 2.50. The van der Waals surface area contributed by atoms with Gasteiger partial charge in [0.1, 0.15) is 5.54 Å². The van der Waals surface area contributed by atoms with Crippen molar-refractivity contribution in [2.45, 2.75) is 12.0 Å². The van der Waals surface area contributed by atoms with Crippen LogP contribution in [0.1, 0.15) is 6.42 Å². The van der Waals surface area contributed by atoms with Crippen LogP contribution in [0.25, 0.3) is 0 Å². The molecule has 3 nitrogen and oxygen atoms in total. The number of hydrogen-bond acceptors (Lipinski definition) is 3. The number of carbonyl (C=O) groups excluding carboxylic acids is 1. The van der Waals surface area contributed by atoms with Gasteiger partial charge in [0.25, 0.3) is 0 Å². The zero-order valence-electron chi connectivity index (χ0n) is 6.10. The Morgan fingerprint density at radius 1 is 1.64 bits per heavy atom. The second kappa shape index (κ2) is 3.14. The van der Waals surface area contributed by atoms with E-state index in [0.717, 1.165) is 6.29 Å². The molecule has 1 unspecified atom stereocenters. The molecule has 0 radical (unpaired) electrons. The third-order valence-corrected chi connectivity index (χ3v) is 1.57. The lowest BCUT2D eigenvalue weighted by molar-refractivity contribution is -0.110. The van der Waals surface area contributed by atoms with Crippen LogP contribution in [0.5, 0.6) is 0 Å². The molecule has 0 spiro atoms. The third-order valence-electron chi connectivity index (χ3n) is 1.57. The summed E-state index contributed by atoms with van der Waals surface area (Å²) in [6, 6.07) is 0. The number of aldehydes is 1. The molecule has 0 saturated carbocycles. The van der Waals surface area contributed by atoms with Gasteiger partial charge in [0.05, 0.1) is 0 Å². The Labute approximate surface area is 65.3 Å². The second-order valence-corrected chi connectivity index (χ2v) is 2.38. The van der Waals surface area contributed by atoms with Gasteiger partial charge < -0.3 is 10.5 Å². The minimum atomic E-state index is -0.671. The lowest BCUT2D eigenvalue weighted by Gasteiger charge is -2.12. The van der Waals surface area contributed by atoms with Crippen molar-refractivity contribution < 1.29 is 4.79 Å². The molecule has 1 rings (SSSR count). The van der Waals surface area contributed by atoms with E-state index in [1.165, 1.54) is 6.20 Å². The fraction of sp³-hybridized carbons (Fsp3) is 0.250. The van der Waals surface area contributed by atoms with Crippen LogP contribution in [-0.4, -0.2) is 18.0 Å². The van der Waals surface area contributed by atoms with Gasteiger partial charge >= 0.3 is 0 Å². The summed E-state index contributed by atoms with van der Waals surface area (Å²) in [5.41, 5.74) is 4.48. The standard InChI is InChI=1S/C8H10N2O/c9-5-1-3-8(7-11)4-2-6-10-8/h1-2,4-7H,3,9H2. The van der Waals surface area contributed by atoms with E-state index in [1.54, 1.807) is 24.4 Å². The molecule has 0 aromatic rings. The summed E-state index contributed by atoms with van der Waals surface area (Å²) in [6.45, 7) is 0. The average molecular weight is 150 g/mol. The lowest BCUT2D eigenvalue weighted by atomic mass is 9.99. The van der Waals surface area contributed by atoms with E-state index in [-0.39, 0.29) is 0 Å². The van der Waals surface area contributed by atoms with Gasteiger partial charge in [-0.05, 0) is 18.4 Å². The SMILES string of the molecule is NC=CCC1(C=O)C=CC=N1. The Morgan fingerprint density at radius 2 is 2.45 bits per heavy atom. The number of nitrogens with two attached hydrogens (primary N) is 1. The smallest absolute Gasteiger partial charge is 0.151 e. The van der Waals surface area contributed by atoms with Gasteiger partial charge in [0.15, 0.2) is 6.29 Å². The van der Waals surface area contributed by atoms with E-state index < -0.39 is 5.54 Å². The summed E-state index contributed by atoms with van der Waals surface area (Å²) in [5.74, 6) is 0. The first-order chi connectivity index (χ1) is 5.33. The predicted octanol–water partition coefficient (Wildman–Crippen LogP) is 0.427. The van der Waals surface area contributed by atoms with Crippen LogP contribution in [0.3, 0.4) is 0 Å². The Hall–Kier alpha value is -1.38. The van der Waals surface area contributed by atoms with Gasteiger partial charge in [-0.3, -0.25) is 4.99 Å². The van der Waals surface area contributed by atoms with Crippen molar-refractivity contribution in [3.8, 4) is 0 Å². The fourth-order valence-electron chi connectivity index (χ4n) is 0.930. The molecule has 11 heavy (non-hydrogen) atoms. The Morgan fingerprint density at radius 3 is 2.91 bits per heavy atom. The van der Waals surface area contributed by atoms with Gasteiger partial charge in [-0.1, -0.05) is 6.08 Å². The molecule has 0 aromatic heterocycles. The molecule has 0 fully saturated rings. The van der Waals surface area contributed by atoms with Crippen molar-refractivity contribution in [2.24, 2.45) is 10.7 Å². The minimum absolute atomic E-state index is 0.542. The zero-order valence-corrected chi connectivity index (χ0v) is 6.10. The first kappa shape index (κ1) is 7.72. The van der Waals surface area contributed by atoms with E-state index >= 15 is 0 Å². The number of hydrogen-bond donors (Lipinski definition) is 1. The molecule has 2 N–H and O–H groups in total. The monoisotopic (exact) mass is 150 g/mol. The molecule has 1 aliphatic heterocycles.